The zero-order chi connectivity index (χ0) is 17.2. The van der Waals surface area contributed by atoms with Gasteiger partial charge in [0.1, 0.15) is 0 Å². The molecular formula is C19H21NO3S. The van der Waals surface area contributed by atoms with Crippen molar-refractivity contribution >= 4 is 15.7 Å². The van der Waals surface area contributed by atoms with E-state index < -0.39 is 9.84 Å². The smallest absolute Gasteiger partial charge is 0.227 e. The predicted octanol–water partition coefficient (Wildman–Crippen LogP) is 2.54. The van der Waals surface area contributed by atoms with E-state index in [1.165, 1.54) is 0 Å². The van der Waals surface area contributed by atoms with E-state index in [-0.39, 0.29) is 23.5 Å². The fourth-order valence-corrected chi connectivity index (χ4v) is 4.80. The molecule has 0 saturated carbocycles. The van der Waals surface area contributed by atoms with Gasteiger partial charge in [0, 0.05) is 13.1 Å². The number of rotatable bonds is 4. The third-order valence-electron chi connectivity index (χ3n) is 4.57. The maximum atomic E-state index is 12.4. The average Bonchev–Trinajstić information content (AvgIpc) is 2.95. The molecule has 1 aliphatic heterocycles. The molecule has 4 nitrogen and oxygen atoms in total. The standard InChI is InChI=1S/C19H21NO3S/c1-20(18-11-12-24(22,23)14-18)19(21)13-15-7-9-17(10-8-15)16-5-3-2-4-6-16/h2-10,18H,11-14H2,1H3/t18-/m0/s1. The first kappa shape index (κ1) is 16.7. The van der Waals surface area contributed by atoms with Gasteiger partial charge in [-0.3, -0.25) is 4.79 Å². The van der Waals surface area contributed by atoms with Crippen LogP contribution in [0, 0.1) is 0 Å². The van der Waals surface area contributed by atoms with Gasteiger partial charge in [-0.1, -0.05) is 54.6 Å². The van der Waals surface area contributed by atoms with Gasteiger partial charge in [-0.05, 0) is 23.1 Å². The minimum Gasteiger partial charge on any atom is -0.341 e. The summed E-state index contributed by atoms with van der Waals surface area (Å²) in [5, 5.41) is 0. The molecule has 0 N–H and O–H groups in total. The van der Waals surface area contributed by atoms with Gasteiger partial charge in [-0.15, -0.1) is 0 Å². The molecule has 0 spiro atoms. The number of nitrogens with zero attached hydrogens (tertiary/aromatic N) is 1. The van der Waals surface area contributed by atoms with Crippen molar-refractivity contribution in [1.29, 1.82) is 0 Å². The number of likely N-dealkylation sites (N-methyl/N-ethyl adjacent to an activating group) is 1. The Bertz CT molecular complexity index is 813. The Morgan fingerprint density at radius 1 is 1.04 bits per heavy atom. The summed E-state index contributed by atoms with van der Waals surface area (Å²) in [7, 11) is -1.28. The number of benzene rings is 2. The molecule has 24 heavy (non-hydrogen) atoms. The highest BCUT2D eigenvalue weighted by Gasteiger charge is 2.32. The van der Waals surface area contributed by atoms with Crippen LogP contribution in [0.3, 0.4) is 0 Å². The largest absolute Gasteiger partial charge is 0.341 e. The summed E-state index contributed by atoms with van der Waals surface area (Å²) in [4.78, 5) is 14.0. The van der Waals surface area contributed by atoms with E-state index >= 15 is 0 Å². The lowest BCUT2D eigenvalue weighted by atomic mass is 10.0. The summed E-state index contributed by atoms with van der Waals surface area (Å²) in [5.41, 5.74) is 3.19. The van der Waals surface area contributed by atoms with Crippen LogP contribution in [0.15, 0.2) is 54.6 Å². The summed E-state index contributed by atoms with van der Waals surface area (Å²) in [6, 6.07) is 17.8. The van der Waals surface area contributed by atoms with Crippen LogP contribution < -0.4 is 0 Å². The molecule has 2 aromatic carbocycles. The highest BCUT2D eigenvalue weighted by molar-refractivity contribution is 7.91. The molecule has 2 aromatic rings. The fourth-order valence-electron chi connectivity index (χ4n) is 3.03. The maximum Gasteiger partial charge on any atom is 0.227 e. The van der Waals surface area contributed by atoms with Gasteiger partial charge in [0.2, 0.25) is 5.91 Å². The van der Waals surface area contributed by atoms with Crippen LogP contribution in [0.4, 0.5) is 0 Å². The van der Waals surface area contributed by atoms with Gasteiger partial charge in [0.05, 0.1) is 17.9 Å². The second-order valence-electron chi connectivity index (χ2n) is 6.30. The van der Waals surface area contributed by atoms with Gasteiger partial charge in [-0.25, -0.2) is 8.42 Å². The Labute approximate surface area is 143 Å². The summed E-state index contributed by atoms with van der Waals surface area (Å²) in [6.07, 6.45) is 0.833. The number of carbonyl (C=O) groups is 1. The normalized spacial score (nSPS) is 19.1. The zero-order valence-corrected chi connectivity index (χ0v) is 14.5. The van der Waals surface area contributed by atoms with Gasteiger partial charge in [-0.2, -0.15) is 0 Å². The Morgan fingerprint density at radius 3 is 2.25 bits per heavy atom. The van der Waals surface area contributed by atoms with Crippen LogP contribution in [0.1, 0.15) is 12.0 Å². The third kappa shape index (κ3) is 3.85. The topological polar surface area (TPSA) is 54.5 Å². The van der Waals surface area contributed by atoms with Crippen molar-refractivity contribution in [1.82, 2.24) is 4.90 Å². The molecule has 126 valence electrons. The molecule has 3 rings (SSSR count). The van der Waals surface area contributed by atoms with E-state index in [0.29, 0.717) is 12.8 Å². The summed E-state index contributed by atoms with van der Waals surface area (Å²) >= 11 is 0. The first-order valence-corrected chi connectivity index (χ1v) is 9.87. The van der Waals surface area contributed by atoms with E-state index in [1.807, 2.05) is 42.5 Å². The molecule has 0 radical (unpaired) electrons. The molecule has 1 aliphatic rings. The van der Waals surface area contributed by atoms with E-state index in [2.05, 4.69) is 12.1 Å². The molecule has 1 amide bonds. The quantitative estimate of drug-likeness (QED) is 0.857. The van der Waals surface area contributed by atoms with Crippen LogP contribution in [-0.2, 0) is 21.1 Å². The highest BCUT2D eigenvalue weighted by atomic mass is 32.2. The molecule has 0 aromatic heterocycles. The summed E-state index contributed by atoms with van der Waals surface area (Å²) in [6.45, 7) is 0. The molecule has 1 saturated heterocycles. The van der Waals surface area contributed by atoms with Crippen molar-refractivity contribution in [2.45, 2.75) is 18.9 Å². The molecule has 0 unspecified atom stereocenters. The van der Waals surface area contributed by atoms with Gasteiger partial charge in [0.15, 0.2) is 9.84 Å². The minimum absolute atomic E-state index is 0.0374. The molecule has 1 fully saturated rings. The first-order chi connectivity index (χ1) is 11.4. The van der Waals surface area contributed by atoms with Gasteiger partial charge >= 0.3 is 0 Å². The van der Waals surface area contributed by atoms with E-state index in [9.17, 15) is 13.2 Å². The van der Waals surface area contributed by atoms with Crippen LogP contribution >= 0.6 is 0 Å². The Hall–Kier alpha value is -2.14. The van der Waals surface area contributed by atoms with E-state index in [0.717, 1.165) is 16.7 Å². The Kier molecular flexibility index (Phi) is 4.71. The summed E-state index contributed by atoms with van der Waals surface area (Å²) < 4.78 is 23.1. The highest BCUT2D eigenvalue weighted by Crippen LogP contribution is 2.21. The number of sulfone groups is 1. The van der Waals surface area contributed by atoms with Crippen molar-refractivity contribution in [3.8, 4) is 11.1 Å². The molecule has 1 atom stereocenters. The number of amides is 1. The number of hydrogen-bond acceptors (Lipinski definition) is 3. The zero-order valence-electron chi connectivity index (χ0n) is 13.7. The lowest BCUT2D eigenvalue weighted by Crippen LogP contribution is -2.38. The second-order valence-corrected chi connectivity index (χ2v) is 8.53. The average molecular weight is 343 g/mol. The van der Waals surface area contributed by atoms with Crippen LogP contribution in [0.2, 0.25) is 0 Å². The van der Waals surface area contributed by atoms with Crippen molar-refractivity contribution < 1.29 is 13.2 Å². The number of hydrogen-bond donors (Lipinski definition) is 0. The van der Waals surface area contributed by atoms with Crippen molar-refractivity contribution in [2.24, 2.45) is 0 Å². The third-order valence-corrected chi connectivity index (χ3v) is 6.32. The van der Waals surface area contributed by atoms with Crippen LogP contribution in [-0.4, -0.2) is 43.8 Å². The molecular weight excluding hydrogens is 322 g/mol. The van der Waals surface area contributed by atoms with Crippen molar-refractivity contribution in [3.63, 3.8) is 0 Å². The molecule has 1 heterocycles. The number of carbonyl (C=O) groups excluding carboxylic acids is 1. The lowest BCUT2D eigenvalue weighted by Gasteiger charge is -2.23. The monoisotopic (exact) mass is 343 g/mol. The first-order valence-electron chi connectivity index (χ1n) is 8.05. The van der Waals surface area contributed by atoms with E-state index in [4.69, 9.17) is 0 Å². The summed E-state index contributed by atoms with van der Waals surface area (Å²) in [5.74, 6) is 0.230. The molecule has 5 heteroatoms. The van der Waals surface area contributed by atoms with Crippen molar-refractivity contribution in [3.05, 3.63) is 60.2 Å². The minimum atomic E-state index is -2.98. The van der Waals surface area contributed by atoms with E-state index in [1.54, 1.807) is 11.9 Å². The fraction of sp³-hybridized carbons (Fsp3) is 0.316. The van der Waals surface area contributed by atoms with Gasteiger partial charge < -0.3 is 4.90 Å². The Balaban J connectivity index is 1.64. The SMILES string of the molecule is CN(C(=O)Cc1ccc(-c2ccccc2)cc1)[C@H]1CCS(=O)(=O)C1. The lowest BCUT2D eigenvalue weighted by molar-refractivity contribution is -0.130. The predicted molar refractivity (Wildman–Crippen MR) is 95.4 cm³/mol. The van der Waals surface area contributed by atoms with Crippen LogP contribution in [0.25, 0.3) is 11.1 Å². The van der Waals surface area contributed by atoms with Gasteiger partial charge in [0.25, 0.3) is 0 Å². The van der Waals surface area contributed by atoms with Crippen LogP contribution in [0.5, 0.6) is 0 Å². The molecule has 0 bridgehead atoms. The Morgan fingerprint density at radius 2 is 1.67 bits per heavy atom. The maximum absolute atomic E-state index is 12.4. The second kappa shape index (κ2) is 6.77. The van der Waals surface area contributed by atoms with Crippen molar-refractivity contribution in [2.75, 3.05) is 18.6 Å². The molecule has 0 aliphatic carbocycles.